The molecule has 4 heteroatoms. The first-order valence-corrected chi connectivity index (χ1v) is 9.78. The Bertz CT molecular complexity index is 833. The fourth-order valence-electron chi connectivity index (χ4n) is 2.65. The molecule has 2 heterocycles. The van der Waals surface area contributed by atoms with Crippen molar-refractivity contribution in [2.45, 2.75) is 46.5 Å². The summed E-state index contributed by atoms with van der Waals surface area (Å²) in [5.74, 6) is 3.38. The first kappa shape index (κ1) is 21.4. The largest absolute Gasteiger partial charge is 0.492 e. The number of nitrogens with zero attached hydrogens (tertiary/aromatic N) is 2. The molecule has 0 saturated heterocycles. The summed E-state index contributed by atoms with van der Waals surface area (Å²) >= 11 is 0. The topological polar surface area (TPSA) is 44.2 Å². The van der Waals surface area contributed by atoms with Crippen molar-refractivity contribution in [3.63, 3.8) is 0 Å². The predicted octanol–water partition coefficient (Wildman–Crippen LogP) is 6.60. The first-order valence-electron chi connectivity index (χ1n) is 9.78. The maximum Gasteiger partial charge on any atom is 0.149 e. The van der Waals surface area contributed by atoms with Gasteiger partial charge in [0.15, 0.2) is 0 Å². The van der Waals surface area contributed by atoms with E-state index in [1.165, 1.54) is 0 Å². The number of para-hydroxylation sites is 1. The number of hydrogen-bond acceptors (Lipinski definition) is 4. The Morgan fingerprint density at radius 1 is 0.714 bits per heavy atom. The molecule has 4 nitrogen and oxygen atoms in total. The molecule has 3 rings (SSSR count). The Morgan fingerprint density at radius 3 is 1.79 bits per heavy atom. The predicted molar refractivity (Wildman–Crippen MR) is 114 cm³/mol. The van der Waals surface area contributed by atoms with Gasteiger partial charge in [0, 0.05) is 12.4 Å². The van der Waals surface area contributed by atoms with Crippen molar-refractivity contribution >= 4 is 0 Å². The van der Waals surface area contributed by atoms with Crippen molar-refractivity contribution in [3.8, 4) is 17.2 Å². The van der Waals surface area contributed by atoms with Crippen molar-refractivity contribution in [3.05, 3.63) is 78.4 Å². The highest BCUT2D eigenvalue weighted by molar-refractivity contribution is 5.35. The van der Waals surface area contributed by atoms with Crippen LogP contribution < -0.4 is 9.47 Å². The summed E-state index contributed by atoms with van der Waals surface area (Å²) < 4.78 is 11.2. The van der Waals surface area contributed by atoms with Crippen LogP contribution in [0.1, 0.15) is 57.8 Å². The molecule has 0 radical (unpaired) electrons. The maximum absolute atomic E-state index is 5.81. The van der Waals surface area contributed by atoms with Gasteiger partial charge in [0.05, 0.1) is 18.0 Å². The van der Waals surface area contributed by atoms with Gasteiger partial charge in [-0.3, -0.25) is 9.97 Å². The highest BCUT2D eigenvalue weighted by Crippen LogP contribution is 2.28. The van der Waals surface area contributed by atoms with Gasteiger partial charge < -0.3 is 9.47 Å². The maximum atomic E-state index is 5.81. The van der Waals surface area contributed by atoms with Crippen LogP contribution in [-0.2, 0) is 0 Å². The van der Waals surface area contributed by atoms with Crippen molar-refractivity contribution in [1.29, 1.82) is 0 Å². The SMILES string of the molecule is CC(C)c1ncccc1Oc1ccccc1.CCOc1cccnc1C(C)C. The van der Waals surface area contributed by atoms with Crippen LogP contribution in [0.5, 0.6) is 17.2 Å². The Labute approximate surface area is 168 Å². The Balaban J connectivity index is 0.000000209. The molecule has 0 spiro atoms. The van der Waals surface area contributed by atoms with Gasteiger partial charge in [0.1, 0.15) is 17.2 Å². The van der Waals surface area contributed by atoms with Crippen molar-refractivity contribution in [2.75, 3.05) is 6.61 Å². The minimum Gasteiger partial charge on any atom is -0.492 e. The normalized spacial score (nSPS) is 10.4. The summed E-state index contributed by atoms with van der Waals surface area (Å²) in [5.41, 5.74) is 2.03. The van der Waals surface area contributed by atoms with E-state index in [4.69, 9.17) is 9.47 Å². The van der Waals surface area contributed by atoms with Crippen LogP contribution in [-0.4, -0.2) is 16.6 Å². The molecule has 2 aromatic heterocycles. The van der Waals surface area contributed by atoms with Gasteiger partial charge in [-0.1, -0.05) is 45.9 Å². The molecule has 0 aliphatic rings. The van der Waals surface area contributed by atoms with E-state index >= 15 is 0 Å². The Hall–Kier alpha value is -2.88. The molecule has 0 fully saturated rings. The van der Waals surface area contributed by atoms with E-state index < -0.39 is 0 Å². The highest BCUT2D eigenvalue weighted by Gasteiger charge is 2.09. The fraction of sp³-hybridized carbons (Fsp3) is 0.333. The molecule has 0 N–H and O–H groups in total. The third-order valence-electron chi connectivity index (χ3n) is 3.96. The number of ether oxygens (including phenoxy) is 2. The monoisotopic (exact) mass is 378 g/mol. The molecule has 1 aromatic carbocycles. The lowest BCUT2D eigenvalue weighted by Gasteiger charge is -2.11. The van der Waals surface area contributed by atoms with Gasteiger partial charge in [-0.2, -0.15) is 0 Å². The van der Waals surface area contributed by atoms with E-state index in [0.717, 1.165) is 28.6 Å². The molecule has 0 aliphatic carbocycles. The molecule has 0 amide bonds. The van der Waals surface area contributed by atoms with Crippen molar-refractivity contribution in [2.24, 2.45) is 0 Å². The number of rotatable bonds is 6. The summed E-state index contributed by atoms with van der Waals surface area (Å²) in [6.07, 6.45) is 3.60. The molecular formula is C24H30N2O2. The van der Waals surface area contributed by atoms with E-state index in [0.29, 0.717) is 18.4 Å². The zero-order valence-corrected chi connectivity index (χ0v) is 17.4. The number of benzene rings is 1. The van der Waals surface area contributed by atoms with Gasteiger partial charge in [-0.25, -0.2) is 0 Å². The lowest BCUT2D eigenvalue weighted by Crippen LogP contribution is -1.99. The van der Waals surface area contributed by atoms with E-state index in [9.17, 15) is 0 Å². The molecule has 0 unspecified atom stereocenters. The van der Waals surface area contributed by atoms with Crippen LogP contribution in [0.4, 0.5) is 0 Å². The van der Waals surface area contributed by atoms with Crippen LogP contribution in [0.15, 0.2) is 67.0 Å². The van der Waals surface area contributed by atoms with Gasteiger partial charge >= 0.3 is 0 Å². The smallest absolute Gasteiger partial charge is 0.149 e. The molecular weight excluding hydrogens is 348 g/mol. The van der Waals surface area contributed by atoms with Gasteiger partial charge in [0.2, 0.25) is 0 Å². The molecule has 0 aliphatic heterocycles. The van der Waals surface area contributed by atoms with Crippen molar-refractivity contribution in [1.82, 2.24) is 9.97 Å². The molecule has 28 heavy (non-hydrogen) atoms. The van der Waals surface area contributed by atoms with Crippen LogP contribution in [0.25, 0.3) is 0 Å². The summed E-state index contributed by atoms with van der Waals surface area (Å²) in [7, 11) is 0. The molecule has 0 atom stereocenters. The first-order chi connectivity index (χ1) is 13.5. The third-order valence-corrected chi connectivity index (χ3v) is 3.96. The average Bonchev–Trinajstić information content (AvgIpc) is 2.70. The second kappa shape index (κ2) is 11.1. The highest BCUT2D eigenvalue weighted by atomic mass is 16.5. The second-order valence-electron chi connectivity index (χ2n) is 6.93. The van der Waals surface area contributed by atoms with Crippen LogP contribution >= 0.6 is 0 Å². The number of aromatic nitrogens is 2. The van der Waals surface area contributed by atoms with Crippen molar-refractivity contribution < 1.29 is 9.47 Å². The Morgan fingerprint density at radius 2 is 1.25 bits per heavy atom. The molecule has 148 valence electrons. The number of pyridine rings is 2. The van der Waals surface area contributed by atoms with E-state index in [2.05, 4.69) is 37.7 Å². The average molecular weight is 379 g/mol. The zero-order chi connectivity index (χ0) is 20.4. The molecule has 3 aromatic rings. The molecule has 0 saturated carbocycles. The summed E-state index contributed by atoms with van der Waals surface area (Å²) in [4.78, 5) is 8.62. The van der Waals surface area contributed by atoms with Gasteiger partial charge in [-0.05, 0) is 55.2 Å². The number of hydrogen-bond donors (Lipinski definition) is 0. The standard InChI is InChI=1S/C14H15NO.C10H15NO/c1-11(2)14-13(9-6-10-15-14)16-12-7-4-3-5-8-12;1-4-12-9-6-5-7-11-10(9)8(2)3/h3-11H,1-2H3;5-8H,4H2,1-3H3. The zero-order valence-electron chi connectivity index (χ0n) is 17.4. The van der Waals surface area contributed by atoms with E-state index in [-0.39, 0.29) is 0 Å². The Kier molecular flexibility index (Phi) is 8.47. The molecule has 0 bridgehead atoms. The third kappa shape index (κ3) is 6.38. The van der Waals surface area contributed by atoms with Crippen LogP contribution in [0, 0.1) is 0 Å². The lowest BCUT2D eigenvalue weighted by atomic mass is 10.1. The summed E-state index contributed by atoms with van der Waals surface area (Å²) in [6, 6.07) is 17.5. The summed E-state index contributed by atoms with van der Waals surface area (Å²) in [5, 5.41) is 0. The second-order valence-corrected chi connectivity index (χ2v) is 6.93. The van der Waals surface area contributed by atoms with Gasteiger partial charge in [-0.15, -0.1) is 0 Å². The van der Waals surface area contributed by atoms with Crippen LogP contribution in [0.3, 0.4) is 0 Å². The van der Waals surface area contributed by atoms with E-state index in [1.54, 1.807) is 12.4 Å². The van der Waals surface area contributed by atoms with Crippen LogP contribution in [0.2, 0.25) is 0 Å². The summed E-state index contributed by atoms with van der Waals surface area (Å²) in [6.45, 7) is 11.1. The lowest BCUT2D eigenvalue weighted by molar-refractivity contribution is 0.333. The minimum atomic E-state index is 0.361. The quantitative estimate of drug-likeness (QED) is 0.484. The van der Waals surface area contributed by atoms with Gasteiger partial charge in [0.25, 0.3) is 0 Å². The minimum absolute atomic E-state index is 0.361. The fourth-order valence-corrected chi connectivity index (χ4v) is 2.65. The van der Waals surface area contributed by atoms with E-state index in [1.807, 2.05) is 61.5 Å².